The van der Waals surface area contributed by atoms with Crippen LogP contribution in [0, 0.1) is 28.5 Å². The van der Waals surface area contributed by atoms with Crippen LogP contribution in [0.2, 0.25) is 0 Å². The summed E-state index contributed by atoms with van der Waals surface area (Å²) in [5, 5.41) is 12.0. The van der Waals surface area contributed by atoms with Gasteiger partial charge in [-0.25, -0.2) is 4.39 Å². The normalized spacial score (nSPS) is 26.9. The van der Waals surface area contributed by atoms with Crippen molar-refractivity contribution >= 4 is 5.91 Å². The minimum atomic E-state index is -0.888. The van der Waals surface area contributed by atoms with Crippen LogP contribution in [0.1, 0.15) is 38.3 Å². The molecule has 1 aliphatic carbocycles. The lowest BCUT2D eigenvalue weighted by atomic mass is 9.63. The zero-order chi connectivity index (χ0) is 14.0. The van der Waals surface area contributed by atoms with Crippen molar-refractivity contribution in [3.63, 3.8) is 0 Å². The summed E-state index contributed by atoms with van der Waals surface area (Å²) in [7, 11) is 0. The average molecular weight is 260 g/mol. The molecule has 100 valence electrons. The molecule has 1 atom stereocenters. The number of rotatable bonds is 3. The van der Waals surface area contributed by atoms with E-state index in [-0.39, 0.29) is 17.8 Å². The van der Waals surface area contributed by atoms with Crippen molar-refractivity contribution in [3.8, 4) is 6.07 Å². The number of nitrogens with zero attached hydrogens (tertiary/aromatic N) is 1. The van der Waals surface area contributed by atoms with Gasteiger partial charge in [-0.2, -0.15) is 5.26 Å². The van der Waals surface area contributed by atoms with Crippen molar-refractivity contribution < 1.29 is 9.18 Å². The number of benzene rings is 1. The van der Waals surface area contributed by atoms with Gasteiger partial charge >= 0.3 is 0 Å². The maximum absolute atomic E-state index is 13.1. The van der Waals surface area contributed by atoms with E-state index in [1.807, 2.05) is 6.92 Å². The number of halogens is 1. The molecule has 0 radical (unpaired) electrons. The Morgan fingerprint density at radius 3 is 2.79 bits per heavy atom. The van der Waals surface area contributed by atoms with Gasteiger partial charge < -0.3 is 5.32 Å². The molecule has 0 saturated heterocycles. The quantitative estimate of drug-likeness (QED) is 0.908. The molecular weight excluding hydrogens is 243 g/mol. The Kier molecular flexibility index (Phi) is 3.57. The monoisotopic (exact) mass is 260 g/mol. The van der Waals surface area contributed by atoms with E-state index >= 15 is 0 Å². The number of hydrogen-bond acceptors (Lipinski definition) is 2. The molecule has 1 amide bonds. The Balaban J connectivity index is 2.05. The fourth-order valence-corrected chi connectivity index (χ4v) is 2.65. The van der Waals surface area contributed by atoms with Gasteiger partial charge in [0.05, 0.1) is 12.1 Å². The van der Waals surface area contributed by atoms with Crippen LogP contribution in [0.25, 0.3) is 0 Å². The van der Waals surface area contributed by atoms with Crippen LogP contribution in [0.3, 0.4) is 0 Å². The summed E-state index contributed by atoms with van der Waals surface area (Å²) in [4.78, 5) is 12.2. The molecule has 1 aliphatic rings. The van der Waals surface area contributed by atoms with Crippen LogP contribution < -0.4 is 5.32 Å². The predicted octanol–water partition coefficient (Wildman–Crippen LogP) is 2.94. The van der Waals surface area contributed by atoms with E-state index in [1.54, 1.807) is 19.1 Å². The van der Waals surface area contributed by atoms with Crippen LogP contribution >= 0.6 is 0 Å². The molecule has 1 aromatic carbocycles. The highest BCUT2D eigenvalue weighted by atomic mass is 19.1. The Bertz CT molecular complexity index is 529. The first-order valence-electron chi connectivity index (χ1n) is 6.44. The van der Waals surface area contributed by atoms with Gasteiger partial charge in [0.1, 0.15) is 11.2 Å². The Labute approximate surface area is 112 Å². The summed E-state index contributed by atoms with van der Waals surface area (Å²) >= 11 is 0. The minimum absolute atomic E-state index is 0.245. The fourth-order valence-electron chi connectivity index (χ4n) is 2.65. The van der Waals surface area contributed by atoms with Crippen molar-refractivity contribution in [2.75, 3.05) is 0 Å². The summed E-state index contributed by atoms with van der Waals surface area (Å²) in [6.45, 7) is 3.82. The molecule has 0 spiro atoms. The lowest BCUT2D eigenvalue weighted by molar-refractivity contribution is -0.134. The van der Waals surface area contributed by atoms with Crippen LogP contribution in [0.15, 0.2) is 24.3 Å². The van der Waals surface area contributed by atoms with E-state index in [9.17, 15) is 14.4 Å². The SMILES string of the molecule is CC1CC(C#N)(C(=O)NC(C)c2cccc(F)c2)C1. The van der Waals surface area contributed by atoms with Crippen LogP contribution in [0.5, 0.6) is 0 Å². The van der Waals surface area contributed by atoms with Gasteiger partial charge in [-0.05, 0) is 43.4 Å². The van der Waals surface area contributed by atoms with Gasteiger partial charge in [-0.15, -0.1) is 0 Å². The second-order valence-corrected chi connectivity index (χ2v) is 5.46. The maximum atomic E-state index is 13.1. The molecule has 4 heteroatoms. The number of nitriles is 1. The van der Waals surface area contributed by atoms with E-state index in [0.29, 0.717) is 24.3 Å². The van der Waals surface area contributed by atoms with Gasteiger partial charge in [0.25, 0.3) is 0 Å². The van der Waals surface area contributed by atoms with Crippen LogP contribution in [0.4, 0.5) is 4.39 Å². The second-order valence-electron chi connectivity index (χ2n) is 5.46. The van der Waals surface area contributed by atoms with Crippen molar-refractivity contribution in [1.82, 2.24) is 5.32 Å². The molecule has 0 bridgehead atoms. The van der Waals surface area contributed by atoms with Crippen LogP contribution in [-0.2, 0) is 4.79 Å². The number of hydrogen-bond donors (Lipinski definition) is 1. The van der Waals surface area contributed by atoms with E-state index in [4.69, 9.17) is 0 Å². The van der Waals surface area contributed by atoms with Crippen LogP contribution in [-0.4, -0.2) is 5.91 Å². The standard InChI is InChI=1S/C15H17FN2O/c1-10-7-15(8-10,9-17)14(19)18-11(2)12-4-3-5-13(16)6-12/h3-6,10-11H,7-8H2,1-2H3,(H,18,19). The molecule has 0 aliphatic heterocycles. The molecule has 2 rings (SSSR count). The Morgan fingerprint density at radius 2 is 2.26 bits per heavy atom. The summed E-state index contributed by atoms with van der Waals surface area (Å²) in [5.74, 6) is -0.161. The largest absolute Gasteiger partial charge is 0.348 e. The smallest absolute Gasteiger partial charge is 0.240 e. The van der Waals surface area contributed by atoms with E-state index < -0.39 is 5.41 Å². The average Bonchev–Trinajstić information content (AvgIpc) is 2.34. The number of carbonyl (C=O) groups is 1. The van der Waals surface area contributed by atoms with Crippen molar-refractivity contribution in [2.24, 2.45) is 11.3 Å². The number of amides is 1. The second kappa shape index (κ2) is 5.00. The topological polar surface area (TPSA) is 52.9 Å². The van der Waals surface area contributed by atoms with Crippen molar-refractivity contribution in [1.29, 1.82) is 5.26 Å². The highest BCUT2D eigenvalue weighted by Gasteiger charge is 2.49. The predicted molar refractivity (Wildman–Crippen MR) is 69.4 cm³/mol. The summed E-state index contributed by atoms with van der Waals surface area (Å²) in [5.41, 5.74) is -0.185. The zero-order valence-electron chi connectivity index (χ0n) is 11.1. The molecule has 1 fully saturated rings. The molecule has 3 nitrogen and oxygen atoms in total. The lowest BCUT2D eigenvalue weighted by Gasteiger charge is -2.39. The molecule has 1 N–H and O–H groups in total. The molecule has 1 saturated carbocycles. The van der Waals surface area contributed by atoms with Gasteiger partial charge in [0, 0.05) is 0 Å². The third-order valence-electron chi connectivity index (χ3n) is 3.74. The number of carbonyl (C=O) groups excluding carboxylic acids is 1. The molecule has 1 aromatic rings. The minimum Gasteiger partial charge on any atom is -0.348 e. The van der Waals surface area contributed by atoms with Crippen molar-refractivity contribution in [3.05, 3.63) is 35.6 Å². The van der Waals surface area contributed by atoms with E-state index in [0.717, 1.165) is 0 Å². The highest BCUT2D eigenvalue weighted by Crippen LogP contribution is 2.45. The summed E-state index contributed by atoms with van der Waals surface area (Å²) < 4.78 is 13.1. The first kappa shape index (κ1) is 13.5. The third kappa shape index (κ3) is 2.60. The van der Waals surface area contributed by atoms with E-state index in [2.05, 4.69) is 11.4 Å². The summed E-state index contributed by atoms with van der Waals surface area (Å²) in [6, 6.07) is 7.96. The highest BCUT2D eigenvalue weighted by molar-refractivity contribution is 5.86. The van der Waals surface area contributed by atoms with Gasteiger partial charge in [0.2, 0.25) is 5.91 Å². The maximum Gasteiger partial charge on any atom is 0.240 e. The number of nitrogens with one attached hydrogen (secondary N) is 1. The van der Waals surface area contributed by atoms with Gasteiger partial charge in [-0.1, -0.05) is 19.1 Å². The third-order valence-corrected chi connectivity index (χ3v) is 3.74. The first-order chi connectivity index (χ1) is 8.97. The molecule has 19 heavy (non-hydrogen) atoms. The Hall–Kier alpha value is -1.89. The molecular formula is C15H17FN2O. The van der Waals surface area contributed by atoms with E-state index in [1.165, 1.54) is 12.1 Å². The molecule has 0 heterocycles. The fraction of sp³-hybridized carbons (Fsp3) is 0.467. The first-order valence-corrected chi connectivity index (χ1v) is 6.44. The zero-order valence-corrected chi connectivity index (χ0v) is 11.1. The Morgan fingerprint density at radius 1 is 1.58 bits per heavy atom. The van der Waals surface area contributed by atoms with Gasteiger partial charge in [-0.3, -0.25) is 4.79 Å². The van der Waals surface area contributed by atoms with Crippen molar-refractivity contribution in [2.45, 2.75) is 32.7 Å². The molecule has 1 unspecified atom stereocenters. The molecule has 0 aromatic heterocycles. The van der Waals surface area contributed by atoms with Gasteiger partial charge in [0.15, 0.2) is 0 Å². The summed E-state index contributed by atoms with van der Waals surface area (Å²) in [6.07, 6.45) is 1.20. The lowest BCUT2D eigenvalue weighted by Crippen LogP contribution is -2.48.